The molecule has 1 aromatic carbocycles. The molecule has 1 fully saturated rings. The Hall–Kier alpha value is -1.73. The van der Waals surface area contributed by atoms with Gasteiger partial charge in [-0.3, -0.25) is 19.8 Å². The Kier molecular flexibility index (Phi) is 4.50. The number of benzene rings is 1. The van der Waals surface area contributed by atoms with Gasteiger partial charge >= 0.3 is 0 Å². The summed E-state index contributed by atoms with van der Waals surface area (Å²) >= 11 is 18.5. The molecule has 0 unspecified atom stereocenters. The fraction of sp³-hybridized carbons (Fsp3) is 0. The van der Waals surface area contributed by atoms with Gasteiger partial charge < -0.3 is 0 Å². The minimum atomic E-state index is -0.530. The van der Waals surface area contributed by atoms with Gasteiger partial charge in [0.2, 0.25) is 0 Å². The summed E-state index contributed by atoms with van der Waals surface area (Å²) in [6.45, 7) is 0. The normalized spacial score (nSPS) is 16.9. The fourth-order valence-electron chi connectivity index (χ4n) is 2.08. The number of amides is 2. The van der Waals surface area contributed by atoms with Gasteiger partial charge in [-0.2, -0.15) is 0 Å². The highest BCUT2D eigenvalue weighted by molar-refractivity contribution is 7.80. The van der Waals surface area contributed by atoms with Crippen LogP contribution in [0, 0.1) is 0 Å². The molecule has 116 valence electrons. The number of hydrogen-bond donors (Lipinski definition) is 1. The predicted octanol–water partition coefficient (Wildman–Crippen LogP) is 3.89. The van der Waals surface area contributed by atoms with Crippen LogP contribution in [0.4, 0.5) is 5.69 Å². The third kappa shape index (κ3) is 3.30. The molecular formula is C15H8Cl2N2O2S2. The number of thiocarbonyl (C=S) groups is 1. The maximum Gasteiger partial charge on any atom is 0.270 e. The molecule has 0 radical (unpaired) electrons. The lowest BCUT2D eigenvalue weighted by Crippen LogP contribution is -2.54. The standard InChI is InChI=1S/C15H8Cl2N2O2S2/c16-8-4-9(17)6-10(5-8)19-14(21)12(13(20)18-15(19)22)7-11-2-1-3-23-11/h1-7H,(H,18,20,22)/b12-7-. The lowest BCUT2D eigenvalue weighted by molar-refractivity contribution is -0.122. The highest BCUT2D eigenvalue weighted by atomic mass is 35.5. The van der Waals surface area contributed by atoms with Gasteiger partial charge in [0.1, 0.15) is 5.57 Å². The molecule has 8 heteroatoms. The van der Waals surface area contributed by atoms with Gasteiger partial charge in [0.15, 0.2) is 5.11 Å². The molecule has 0 bridgehead atoms. The number of thiophene rings is 1. The van der Waals surface area contributed by atoms with E-state index in [1.54, 1.807) is 18.2 Å². The molecule has 2 heterocycles. The Labute approximate surface area is 151 Å². The maximum atomic E-state index is 12.7. The largest absolute Gasteiger partial charge is 0.298 e. The highest BCUT2D eigenvalue weighted by Gasteiger charge is 2.34. The van der Waals surface area contributed by atoms with Crippen molar-refractivity contribution in [1.82, 2.24) is 5.32 Å². The van der Waals surface area contributed by atoms with Crippen LogP contribution >= 0.6 is 46.8 Å². The first-order chi connectivity index (χ1) is 11.0. The Morgan fingerprint density at radius 2 is 1.87 bits per heavy atom. The van der Waals surface area contributed by atoms with E-state index in [1.807, 2.05) is 17.5 Å². The first-order valence-electron chi connectivity index (χ1n) is 6.37. The van der Waals surface area contributed by atoms with Crippen LogP contribution in [0.5, 0.6) is 0 Å². The summed E-state index contributed by atoms with van der Waals surface area (Å²) in [5.74, 6) is -1.05. The SMILES string of the molecule is O=C1NC(=S)N(c2cc(Cl)cc(Cl)c2)C(=O)/C1=C\c1cccs1. The third-order valence-electron chi connectivity index (χ3n) is 3.04. The van der Waals surface area contributed by atoms with Crippen molar-refractivity contribution in [3.8, 4) is 0 Å². The Morgan fingerprint density at radius 1 is 1.17 bits per heavy atom. The summed E-state index contributed by atoms with van der Waals surface area (Å²) in [7, 11) is 0. The van der Waals surface area contributed by atoms with Crippen molar-refractivity contribution in [3.63, 3.8) is 0 Å². The monoisotopic (exact) mass is 382 g/mol. The summed E-state index contributed by atoms with van der Waals surface area (Å²) in [6.07, 6.45) is 1.53. The molecule has 1 N–H and O–H groups in total. The van der Waals surface area contributed by atoms with Crippen LogP contribution in [-0.4, -0.2) is 16.9 Å². The molecule has 23 heavy (non-hydrogen) atoms. The third-order valence-corrected chi connectivity index (χ3v) is 4.58. The summed E-state index contributed by atoms with van der Waals surface area (Å²) in [5, 5.41) is 5.08. The van der Waals surface area contributed by atoms with E-state index < -0.39 is 11.8 Å². The van der Waals surface area contributed by atoms with Gasteiger partial charge in [-0.25, -0.2) is 0 Å². The molecule has 1 saturated heterocycles. The zero-order valence-corrected chi connectivity index (χ0v) is 14.5. The summed E-state index contributed by atoms with van der Waals surface area (Å²) in [5.41, 5.74) is 0.395. The Bertz CT molecular complexity index is 827. The van der Waals surface area contributed by atoms with Crippen LogP contribution in [0.3, 0.4) is 0 Å². The average Bonchev–Trinajstić information content (AvgIpc) is 2.95. The molecule has 1 aliphatic rings. The zero-order chi connectivity index (χ0) is 16.6. The molecule has 0 spiro atoms. The van der Waals surface area contributed by atoms with Gasteiger partial charge in [-0.1, -0.05) is 29.3 Å². The fourth-order valence-corrected chi connectivity index (χ4v) is 3.53. The molecule has 0 aliphatic carbocycles. The van der Waals surface area contributed by atoms with E-state index in [0.717, 1.165) is 4.88 Å². The maximum absolute atomic E-state index is 12.7. The molecule has 1 aliphatic heterocycles. The second kappa shape index (κ2) is 6.41. The van der Waals surface area contributed by atoms with Gasteiger partial charge in [-0.15, -0.1) is 11.3 Å². The van der Waals surface area contributed by atoms with Crippen molar-refractivity contribution in [2.75, 3.05) is 4.90 Å². The Morgan fingerprint density at radius 3 is 2.48 bits per heavy atom. The van der Waals surface area contributed by atoms with E-state index in [4.69, 9.17) is 35.4 Å². The molecule has 3 rings (SSSR count). The number of carbonyl (C=O) groups is 2. The first-order valence-corrected chi connectivity index (χ1v) is 8.41. The number of anilines is 1. The lowest BCUT2D eigenvalue weighted by atomic mass is 10.1. The summed E-state index contributed by atoms with van der Waals surface area (Å²) < 4.78 is 0. The molecule has 0 saturated carbocycles. The summed E-state index contributed by atoms with van der Waals surface area (Å²) in [4.78, 5) is 26.8. The lowest BCUT2D eigenvalue weighted by Gasteiger charge is -2.29. The number of carbonyl (C=O) groups excluding carboxylic acids is 2. The van der Waals surface area contributed by atoms with E-state index >= 15 is 0 Å². The van der Waals surface area contributed by atoms with Gasteiger partial charge in [-0.05, 0) is 47.9 Å². The van der Waals surface area contributed by atoms with Crippen LogP contribution < -0.4 is 10.2 Å². The minimum Gasteiger partial charge on any atom is -0.298 e. The van der Waals surface area contributed by atoms with Crippen LogP contribution in [0.2, 0.25) is 10.0 Å². The average molecular weight is 383 g/mol. The second-order valence-electron chi connectivity index (χ2n) is 4.60. The summed E-state index contributed by atoms with van der Waals surface area (Å²) in [6, 6.07) is 8.30. The quantitative estimate of drug-likeness (QED) is 0.486. The van der Waals surface area contributed by atoms with E-state index in [2.05, 4.69) is 5.32 Å². The Balaban J connectivity index is 2.05. The number of halogens is 2. The van der Waals surface area contributed by atoms with Crippen molar-refractivity contribution in [1.29, 1.82) is 0 Å². The molecule has 4 nitrogen and oxygen atoms in total. The van der Waals surface area contributed by atoms with Crippen LogP contribution in [-0.2, 0) is 9.59 Å². The van der Waals surface area contributed by atoms with Crippen LogP contribution in [0.15, 0.2) is 41.3 Å². The smallest absolute Gasteiger partial charge is 0.270 e. The van der Waals surface area contributed by atoms with E-state index in [-0.39, 0.29) is 10.7 Å². The van der Waals surface area contributed by atoms with Crippen molar-refractivity contribution in [3.05, 3.63) is 56.2 Å². The van der Waals surface area contributed by atoms with E-state index in [1.165, 1.54) is 22.3 Å². The van der Waals surface area contributed by atoms with E-state index in [0.29, 0.717) is 15.7 Å². The van der Waals surface area contributed by atoms with Crippen molar-refractivity contribution >= 4 is 75.4 Å². The van der Waals surface area contributed by atoms with Crippen molar-refractivity contribution in [2.24, 2.45) is 0 Å². The highest BCUT2D eigenvalue weighted by Crippen LogP contribution is 2.28. The van der Waals surface area contributed by atoms with Crippen LogP contribution in [0.25, 0.3) is 6.08 Å². The minimum absolute atomic E-state index is 0.00264. The molecule has 2 aromatic rings. The number of hydrogen-bond acceptors (Lipinski definition) is 4. The zero-order valence-electron chi connectivity index (χ0n) is 11.4. The molecule has 0 atom stereocenters. The van der Waals surface area contributed by atoms with Crippen molar-refractivity contribution < 1.29 is 9.59 Å². The number of nitrogens with one attached hydrogen (secondary N) is 1. The predicted molar refractivity (Wildman–Crippen MR) is 97.0 cm³/mol. The van der Waals surface area contributed by atoms with Gasteiger partial charge in [0.05, 0.1) is 5.69 Å². The topological polar surface area (TPSA) is 49.4 Å². The molecular weight excluding hydrogens is 375 g/mol. The number of rotatable bonds is 2. The van der Waals surface area contributed by atoms with E-state index in [9.17, 15) is 9.59 Å². The number of nitrogens with zero attached hydrogens (tertiary/aromatic N) is 1. The molecule has 2 amide bonds. The van der Waals surface area contributed by atoms with Gasteiger partial charge in [0.25, 0.3) is 11.8 Å². The molecule has 1 aromatic heterocycles. The van der Waals surface area contributed by atoms with Gasteiger partial charge in [0, 0.05) is 14.9 Å². The second-order valence-corrected chi connectivity index (χ2v) is 6.84. The van der Waals surface area contributed by atoms with Crippen molar-refractivity contribution in [2.45, 2.75) is 0 Å². The van der Waals surface area contributed by atoms with Crippen LogP contribution in [0.1, 0.15) is 4.88 Å². The first kappa shape index (κ1) is 16.1.